The van der Waals surface area contributed by atoms with Gasteiger partial charge in [-0.3, -0.25) is 4.90 Å². The Morgan fingerprint density at radius 3 is 2.56 bits per heavy atom. The van der Waals surface area contributed by atoms with Gasteiger partial charge in [0, 0.05) is 6.54 Å². The molecule has 0 spiro atoms. The summed E-state index contributed by atoms with van der Waals surface area (Å²) in [5.74, 6) is 6.73. The molecule has 18 heavy (non-hydrogen) atoms. The first-order valence-corrected chi connectivity index (χ1v) is 6.33. The van der Waals surface area contributed by atoms with E-state index in [0.29, 0.717) is 6.54 Å². The molecule has 0 amide bonds. The molecular formula is C15H22N2O. The number of rotatable bonds is 5. The normalized spacial score (nSPS) is 10.1. The second kappa shape index (κ2) is 7.75. The maximum absolute atomic E-state index is 5.41. The summed E-state index contributed by atoms with van der Waals surface area (Å²) in [5.41, 5.74) is 7.57. The van der Waals surface area contributed by atoms with Crippen LogP contribution in [0.25, 0.3) is 0 Å². The molecule has 0 radical (unpaired) electrons. The van der Waals surface area contributed by atoms with Crippen molar-refractivity contribution in [2.45, 2.75) is 20.4 Å². The highest BCUT2D eigenvalue weighted by Crippen LogP contribution is 2.19. The number of nitrogens with zero attached hydrogens (tertiary/aromatic N) is 1. The smallest absolute Gasteiger partial charge is 0.134 e. The predicted octanol–water partition coefficient (Wildman–Crippen LogP) is 1.85. The van der Waals surface area contributed by atoms with E-state index in [2.05, 4.69) is 42.7 Å². The molecule has 3 heteroatoms. The van der Waals surface area contributed by atoms with E-state index in [9.17, 15) is 0 Å². The average molecular weight is 246 g/mol. The van der Waals surface area contributed by atoms with Gasteiger partial charge in [0.15, 0.2) is 0 Å². The van der Waals surface area contributed by atoms with Crippen molar-refractivity contribution in [3.8, 4) is 17.6 Å². The van der Waals surface area contributed by atoms with E-state index in [1.807, 2.05) is 6.07 Å². The molecule has 0 saturated heterocycles. The molecule has 0 saturated carbocycles. The summed E-state index contributed by atoms with van der Waals surface area (Å²) in [6, 6.07) is 6.14. The van der Waals surface area contributed by atoms with Crippen LogP contribution in [0.15, 0.2) is 18.2 Å². The van der Waals surface area contributed by atoms with Gasteiger partial charge in [0.05, 0.1) is 19.2 Å². The van der Waals surface area contributed by atoms with Crippen LogP contribution >= 0.6 is 0 Å². The fourth-order valence-electron chi connectivity index (χ4n) is 1.80. The van der Waals surface area contributed by atoms with Crippen molar-refractivity contribution >= 4 is 0 Å². The third-order valence-electron chi connectivity index (χ3n) is 2.89. The molecule has 0 aliphatic carbocycles. The highest BCUT2D eigenvalue weighted by molar-refractivity contribution is 5.48. The second-order valence-corrected chi connectivity index (χ2v) is 4.00. The molecule has 0 unspecified atom stereocenters. The Kier molecular flexibility index (Phi) is 6.27. The van der Waals surface area contributed by atoms with E-state index >= 15 is 0 Å². The summed E-state index contributed by atoms with van der Waals surface area (Å²) >= 11 is 0. The molecule has 3 nitrogen and oxygen atoms in total. The van der Waals surface area contributed by atoms with Crippen LogP contribution in [0.1, 0.15) is 25.0 Å². The topological polar surface area (TPSA) is 38.5 Å². The van der Waals surface area contributed by atoms with Crippen LogP contribution in [-0.4, -0.2) is 31.6 Å². The van der Waals surface area contributed by atoms with Gasteiger partial charge in [-0.15, -0.1) is 0 Å². The van der Waals surface area contributed by atoms with Gasteiger partial charge < -0.3 is 10.5 Å². The number of ether oxygens (including phenoxy) is 1. The summed E-state index contributed by atoms with van der Waals surface area (Å²) in [5, 5.41) is 0. The molecule has 1 aromatic carbocycles. The Morgan fingerprint density at radius 1 is 1.28 bits per heavy atom. The predicted molar refractivity (Wildman–Crippen MR) is 75.6 cm³/mol. The number of benzene rings is 1. The quantitative estimate of drug-likeness (QED) is 0.806. The molecule has 0 aliphatic heterocycles. The van der Waals surface area contributed by atoms with Gasteiger partial charge in [-0.25, -0.2) is 0 Å². The van der Waals surface area contributed by atoms with Crippen molar-refractivity contribution in [2.24, 2.45) is 5.73 Å². The van der Waals surface area contributed by atoms with Crippen LogP contribution in [-0.2, 0) is 6.54 Å². The lowest BCUT2D eigenvalue weighted by atomic mass is 10.1. The van der Waals surface area contributed by atoms with Crippen molar-refractivity contribution < 1.29 is 4.74 Å². The minimum absolute atomic E-state index is 0.365. The van der Waals surface area contributed by atoms with Gasteiger partial charge >= 0.3 is 0 Å². The molecule has 2 N–H and O–H groups in total. The fourth-order valence-corrected chi connectivity index (χ4v) is 1.80. The monoisotopic (exact) mass is 246 g/mol. The van der Waals surface area contributed by atoms with Crippen LogP contribution in [0, 0.1) is 11.8 Å². The van der Waals surface area contributed by atoms with Gasteiger partial charge in [0.1, 0.15) is 5.75 Å². The van der Waals surface area contributed by atoms with E-state index in [-0.39, 0.29) is 0 Å². The van der Waals surface area contributed by atoms with Crippen LogP contribution in [0.2, 0.25) is 0 Å². The van der Waals surface area contributed by atoms with E-state index < -0.39 is 0 Å². The van der Waals surface area contributed by atoms with Gasteiger partial charge in [0.25, 0.3) is 0 Å². The molecule has 0 aromatic heterocycles. The number of methoxy groups -OCH3 is 1. The second-order valence-electron chi connectivity index (χ2n) is 4.00. The molecule has 0 atom stereocenters. The van der Waals surface area contributed by atoms with E-state index in [1.54, 1.807) is 7.11 Å². The van der Waals surface area contributed by atoms with E-state index in [4.69, 9.17) is 10.5 Å². The lowest BCUT2D eigenvalue weighted by molar-refractivity contribution is 0.295. The lowest BCUT2D eigenvalue weighted by Gasteiger charge is -2.18. The minimum atomic E-state index is 0.365. The molecule has 0 heterocycles. The van der Waals surface area contributed by atoms with Crippen LogP contribution in [0.4, 0.5) is 0 Å². The van der Waals surface area contributed by atoms with Crippen molar-refractivity contribution in [1.29, 1.82) is 0 Å². The van der Waals surface area contributed by atoms with Crippen molar-refractivity contribution in [3.05, 3.63) is 29.3 Å². The first kappa shape index (κ1) is 14.6. The molecule has 98 valence electrons. The van der Waals surface area contributed by atoms with Crippen LogP contribution in [0.3, 0.4) is 0 Å². The Morgan fingerprint density at radius 2 is 2.00 bits per heavy atom. The van der Waals surface area contributed by atoms with Gasteiger partial charge in [-0.05, 0) is 30.8 Å². The Hall–Kier alpha value is -1.50. The number of hydrogen-bond acceptors (Lipinski definition) is 3. The Bertz CT molecular complexity index is 428. The highest BCUT2D eigenvalue weighted by atomic mass is 16.5. The third kappa shape index (κ3) is 4.06. The lowest BCUT2D eigenvalue weighted by Crippen LogP contribution is -2.22. The molecular weight excluding hydrogens is 224 g/mol. The zero-order valence-corrected chi connectivity index (χ0v) is 11.5. The maximum Gasteiger partial charge on any atom is 0.134 e. The maximum atomic E-state index is 5.41. The van der Waals surface area contributed by atoms with Crippen LogP contribution in [0.5, 0.6) is 5.75 Å². The third-order valence-corrected chi connectivity index (χ3v) is 2.89. The zero-order chi connectivity index (χ0) is 13.4. The minimum Gasteiger partial charge on any atom is -0.495 e. The van der Waals surface area contributed by atoms with Crippen molar-refractivity contribution in [1.82, 2.24) is 4.90 Å². The zero-order valence-electron chi connectivity index (χ0n) is 11.5. The summed E-state index contributed by atoms with van der Waals surface area (Å²) < 4.78 is 5.30. The first-order chi connectivity index (χ1) is 8.74. The van der Waals surface area contributed by atoms with Crippen molar-refractivity contribution in [3.63, 3.8) is 0 Å². The van der Waals surface area contributed by atoms with Gasteiger partial charge in [-0.1, -0.05) is 31.8 Å². The van der Waals surface area contributed by atoms with Crippen molar-refractivity contribution in [2.75, 3.05) is 26.7 Å². The fraction of sp³-hybridized carbons (Fsp3) is 0.467. The molecule has 0 aliphatic rings. The largest absolute Gasteiger partial charge is 0.495 e. The van der Waals surface area contributed by atoms with Gasteiger partial charge in [0.2, 0.25) is 0 Å². The Labute approximate surface area is 110 Å². The van der Waals surface area contributed by atoms with E-state index in [0.717, 1.165) is 30.9 Å². The molecule has 1 rings (SSSR count). The van der Waals surface area contributed by atoms with Gasteiger partial charge in [-0.2, -0.15) is 0 Å². The summed E-state index contributed by atoms with van der Waals surface area (Å²) in [6.45, 7) is 7.74. The van der Waals surface area contributed by atoms with Crippen LogP contribution < -0.4 is 10.5 Å². The molecule has 0 fully saturated rings. The summed E-state index contributed by atoms with van der Waals surface area (Å²) in [6.07, 6.45) is 0. The first-order valence-electron chi connectivity index (χ1n) is 6.33. The summed E-state index contributed by atoms with van der Waals surface area (Å²) in [7, 11) is 1.66. The molecule has 1 aromatic rings. The highest BCUT2D eigenvalue weighted by Gasteiger charge is 2.05. The average Bonchev–Trinajstić information content (AvgIpc) is 2.42. The summed E-state index contributed by atoms with van der Waals surface area (Å²) in [4.78, 5) is 2.36. The van der Waals surface area contributed by atoms with E-state index in [1.165, 1.54) is 5.56 Å². The molecule has 0 bridgehead atoms. The standard InChI is InChI=1S/C15H22N2O/c1-4-17(5-2)12-13-8-9-15(18-3)14(11-13)7-6-10-16/h8-9,11H,4-5,10,12,16H2,1-3H3. The number of nitrogens with two attached hydrogens (primary N) is 1. The number of hydrogen-bond donors (Lipinski definition) is 1. The SMILES string of the molecule is CCN(CC)Cc1ccc(OC)c(C#CCN)c1. The Balaban J connectivity index is 2.95.